The Hall–Kier alpha value is -7.13. The average Bonchev–Trinajstić information content (AvgIpc) is 3.55. The summed E-state index contributed by atoms with van der Waals surface area (Å²) in [5.41, 5.74) is 15.3. The Morgan fingerprint density at radius 2 is 1.11 bits per heavy atom. The van der Waals surface area contributed by atoms with Gasteiger partial charge in [0.1, 0.15) is 5.84 Å². The predicted molar refractivity (Wildman–Crippen MR) is 232 cm³/mol. The first-order valence-electron chi connectivity index (χ1n) is 18.2. The molecule has 0 radical (unpaired) electrons. The fourth-order valence-corrected chi connectivity index (χ4v) is 8.00. The summed E-state index contributed by atoms with van der Waals surface area (Å²) < 4.78 is 0. The van der Waals surface area contributed by atoms with Gasteiger partial charge in [-0.2, -0.15) is 4.99 Å². The van der Waals surface area contributed by atoms with Crippen LogP contribution in [0.3, 0.4) is 0 Å². The highest BCUT2D eigenvalue weighted by molar-refractivity contribution is 6.28. The molecule has 0 unspecified atom stereocenters. The van der Waals surface area contributed by atoms with Crippen molar-refractivity contribution in [3.05, 3.63) is 175 Å². The van der Waals surface area contributed by atoms with Crippen molar-refractivity contribution in [2.24, 2.45) is 4.99 Å². The van der Waals surface area contributed by atoms with Crippen LogP contribution in [-0.2, 0) is 0 Å². The van der Waals surface area contributed by atoms with Crippen molar-refractivity contribution in [3.8, 4) is 80.4 Å². The van der Waals surface area contributed by atoms with E-state index in [1.807, 2.05) is 32.1 Å². The molecule has 2 heteroatoms. The molecule has 0 aromatic heterocycles. The van der Waals surface area contributed by atoms with Gasteiger partial charge in [0.15, 0.2) is 0 Å². The fourth-order valence-electron chi connectivity index (χ4n) is 8.00. The lowest BCUT2D eigenvalue weighted by Crippen LogP contribution is -2.28. The van der Waals surface area contributed by atoms with Crippen molar-refractivity contribution >= 4 is 33.1 Å². The van der Waals surface area contributed by atoms with Gasteiger partial charge in [0.05, 0.1) is 0 Å². The molecular weight excluding hydrogens is 653 g/mol. The van der Waals surface area contributed by atoms with Gasteiger partial charge in [-0.1, -0.05) is 146 Å². The maximum atomic E-state index is 5.70. The highest BCUT2D eigenvalue weighted by atomic mass is 15.2. The zero-order chi connectivity index (χ0) is 37.2. The lowest BCUT2D eigenvalue weighted by molar-refractivity contribution is 1.15. The van der Waals surface area contributed by atoms with Crippen molar-refractivity contribution < 1.29 is 0 Å². The van der Waals surface area contributed by atoms with Gasteiger partial charge in [0.25, 0.3) is 0 Å². The van der Waals surface area contributed by atoms with Gasteiger partial charge in [-0.3, -0.25) is 4.90 Å². The number of amidine groups is 1. The second-order valence-electron chi connectivity index (χ2n) is 13.4. The van der Waals surface area contributed by atoms with E-state index >= 15 is 0 Å². The quantitative estimate of drug-likeness (QED) is 0.0703. The zero-order valence-electron chi connectivity index (χ0n) is 30.6. The summed E-state index contributed by atoms with van der Waals surface area (Å²) in [5, 5.41) is 5.02. The smallest absolute Gasteiger partial charge is 0.147 e. The van der Waals surface area contributed by atoms with Crippen LogP contribution >= 0.6 is 0 Å². The number of rotatable bonds is 7. The molecular formula is C52H38N2. The van der Waals surface area contributed by atoms with Gasteiger partial charge < -0.3 is 0 Å². The monoisotopic (exact) mass is 690 g/mol. The molecule has 0 fully saturated rings. The molecule has 2 nitrogen and oxygen atoms in total. The molecule has 256 valence electrons. The van der Waals surface area contributed by atoms with Crippen molar-refractivity contribution in [2.75, 3.05) is 4.90 Å². The van der Waals surface area contributed by atoms with Crippen molar-refractivity contribution in [2.45, 2.75) is 20.8 Å². The summed E-state index contributed by atoms with van der Waals surface area (Å²) in [7, 11) is 0. The fraction of sp³-hybridized carbons (Fsp3) is 0.0577. The van der Waals surface area contributed by atoms with Crippen molar-refractivity contribution in [3.63, 3.8) is 0 Å². The van der Waals surface area contributed by atoms with E-state index in [0.717, 1.165) is 22.5 Å². The summed E-state index contributed by atoms with van der Waals surface area (Å²) >= 11 is 0. The molecule has 0 saturated carbocycles. The Bertz CT molecular complexity index is 2690. The highest BCUT2D eigenvalue weighted by Crippen LogP contribution is 2.58. The third-order valence-corrected chi connectivity index (χ3v) is 10.4. The summed E-state index contributed by atoms with van der Waals surface area (Å²) in [4.78, 5) is 6.48. The third-order valence-electron chi connectivity index (χ3n) is 10.4. The summed E-state index contributed by atoms with van der Waals surface area (Å²) in [6.45, 7) is 6.05. The molecule has 0 atom stereocenters. The molecule has 0 saturated heterocycles. The van der Waals surface area contributed by atoms with Crippen LogP contribution in [0.25, 0.3) is 77.2 Å². The number of allylic oxidation sites excluding steroid dienone is 5. The van der Waals surface area contributed by atoms with Crippen LogP contribution in [0.4, 0.5) is 5.69 Å². The Balaban J connectivity index is 1.35. The molecule has 0 heterocycles. The van der Waals surface area contributed by atoms with Crippen LogP contribution in [0.15, 0.2) is 180 Å². The van der Waals surface area contributed by atoms with Crippen LogP contribution in [-0.4, -0.2) is 5.84 Å². The van der Waals surface area contributed by atoms with Crippen molar-refractivity contribution in [1.82, 2.24) is 0 Å². The minimum Gasteiger partial charge on any atom is -0.298 e. The maximum Gasteiger partial charge on any atom is 0.147 e. The summed E-state index contributed by atoms with van der Waals surface area (Å²) in [6.07, 6.45) is 18.7. The van der Waals surface area contributed by atoms with Crippen LogP contribution in [0, 0.1) is 24.8 Å². The van der Waals surface area contributed by atoms with E-state index in [2.05, 4.69) is 168 Å². The van der Waals surface area contributed by atoms with Gasteiger partial charge in [0, 0.05) is 17.4 Å². The van der Waals surface area contributed by atoms with E-state index < -0.39 is 0 Å². The van der Waals surface area contributed by atoms with E-state index in [0.29, 0.717) is 5.84 Å². The molecule has 1 aliphatic carbocycles. The highest BCUT2D eigenvalue weighted by Gasteiger charge is 2.31. The summed E-state index contributed by atoms with van der Waals surface area (Å²) in [5.74, 6) is 3.24. The number of hydrogen-bond acceptors (Lipinski definition) is 1. The SMILES string of the molecule is C#C/C=C\C(C)=C(/C)N(C(/C=C\C)=NC#C)c1ccc(-c2ccc3c4c(cccc24)-c2c-3c(-c3ccccc3)c3ccccc3c2-c2ccccc2)cc1. The number of terminal acetylenes is 2. The van der Waals surface area contributed by atoms with E-state index in [-0.39, 0.29) is 0 Å². The number of nitrogens with zero attached hydrogens (tertiary/aromatic N) is 2. The van der Waals surface area contributed by atoms with Crippen LogP contribution < -0.4 is 4.90 Å². The Morgan fingerprint density at radius 1 is 0.556 bits per heavy atom. The topological polar surface area (TPSA) is 15.6 Å². The second kappa shape index (κ2) is 14.5. The van der Waals surface area contributed by atoms with Crippen LogP contribution in [0.2, 0.25) is 0 Å². The minimum atomic E-state index is 0.651. The Labute approximate surface area is 318 Å². The van der Waals surface area contributed by atoms with Gasteiger partial charge in [-0.05, 0) is 134 Å². The molecule has 1 aliphatic rings. The van der Waals surface area contributed by atoms with E-state index in [1.165, 1.54) is 71.6 Å². The standard InChI is InChI=1S/C52H38N2/c1-6-9-20-35(4)36(5)54(47(19-7-2)53-8-3)40-31-29-37(30-32-40)41-33-34-46-50-42(41)27-18-28-45(50)51-48(38-21-12-10-13-22-38)43-25-16-17-26-44(43)49(52(46)51)39-23-14-11-15-24-39/h1,3,7,9-34H,2,4-5H3/b19-7-,20-9-,36-35+,53-47?. The first-order chi connectivity index (χ1) is 26.5. The predicted octanol–water partition coefficient (Wildman–Crippen LogP) is 13.5. The van der Waals surface area contributed by atoms with Gasteiger partial charge in [-0.25, -0.2) is 0 Å². The van der Waals surface area contributed by atoms with Gasteiger partial charge >= 0.3 is 0 Å². The molecule has 8 rings (SSSR count). The molecule has 7 aromatic carbocycles. The Kier molecular flexibility index (Phi) is 9.11. The molecule has 0 spiro atoms. The number of fused-ring (bicyclic) bond motifs is 4. The second-order valence-corrected chi connectivity index (χ2v) is 13.4. The Morgan fingerprint density at radius 3 is 1.69 bits per heavy atom. The molecule has 0 bridgehead atoms. The number of anilines is 1. The maximum absolute atomic E-state index is 5.70. The van der Waals surface area contributed by atoms with Gasteiger partial charge in [0.2, 0.25) is 0 Å². The molecule has 7 aromatic rings. The molecule has 0 amide bonds. The van der Waals surface area contributed by atoms with E-state index in [1.54, 1.807) is 6.08 Å². The number of aliphatic imine (C=N–C) groups is 1. The first kappa shape index (κ1) is 34.0. The minimum absolute atomic E-state index is 0.651. The lowest BCUT2D eigenvalue weighted by Gasteiger charge is -2.26. The normalized spacial score (nSPS) is 12.6. The molecule has 0 N–H and O–H groups in total. The molecule has 54 heavy (non-hydrogen) atoms. The van der Waals surface area contributed by atoms with Crippen LogP contribution in [0.5, 0.6) is 0 Å². The first-order valence-corrected chi connectivity index (χ1v) is 18.2. The average molecular weight is 691 g/mol. The lowest BCUT2D eigenvalue weighted by atomic mass is 9.82. The number of benzene rings is 7. The van der Waals surface area contributed by atoms with Crippen LogP contribution in [0.1, 0.15) is 20.8 Å². The van der Waals surface area contributed by atoms with Gasteiger partial charge in [-0.15, -0.1) is 6.42 Å². The largest absolute Gasteiger partial charge is 0.298 e. The molecule has 0 aliphatic heterocycles. The van der Waals surface area contributed by atoms with Crippen molar-refractivity contribution in [1.29, 1.82) is 0 Å². The van der Waals surface area contributed by atoms with E-state index in [4.69, 9.17) is 12.8 Å². The van der Waals surface area contributed by atoms with E-state index in [9.17, 15) is 0 Å². The zero-order valence-corrected chi connectivity index (χ0v) is 30.6. The summed E-state index contributed by atoms with van der Waals surface area (Å²) in [6, 6.07) is 53.1. The number of hydrogen-bond donors (Lipinski definition) is 0. The third kappa shape index (κ3) is 5.72.